The summed E-state index contributed by atoms with van der Waals surface area (Å²) in [6, 6.07) is 0. The summed E-state index contributed by atoms with van der Waals surface area (Å²) in [6.45, 7) is 1.93. The van der Waals surface area contributed by atoms with E-state index in [1.165, 1.54) is 0 Å². The summed E-state index contributed by atoms with van der Waals surface area (Å²) < 4.78 is 0. The quantitative estimate of drug-likeness (QED) is 0.339. The third-order valence-corrected chi connectivity index (χ3v) is 2.24. The van der Waals surface area contributed by atoms with Crippen LogP contribution in [0.3, 0.4) is 0 Å². The molecule has 4 nitrogen and oxygen atoms in total. The van der Waals surface area contributed by atoms with Crippen LogP contribution < -0.4 is 11.5 Å². The molecule has 0 amide bonds. The third kappa shape index (κ3) is 8.18. The Bertz CT molecular complexity index is 118. The highest BCUT2D eigenvalue weighted by Crippen LogP contribution is 2.11. The molecule has 0 spiro atoms. The summed E-state index contributed by atoms with van der Waals surface area (Å²) in [7, 11) is 0. The van der Waals surface area contributed by atoms with Crippen LogP contribution >= 0.6 is 0 Å². The minimum atomic E-state index is -0.708. The van der Waals surface area contributed by atoms with Crippen LogP contribution in [0.25, 0.3) is 0 Å². The number of unbranched alkanes of at least 4 members (excludes halogenated alkanes) is 2. The average molecular weight is 190 g/mol. The Kier molecular flexibility index (Phi) is 7.17. The molecule has 0 aromatic rings. The Morgan fingerprint density at radius 2 is 1.54 bits per heavy atom. The van der Waals surface area contributed by atoms with Crippen molar-refractivity contribution in [1.82, 2.24) is 0 Å². The predicted octanol–water partition coefficient (Wildman–Crippen LogP) is 0.127. The Morgan fingerprint density at radius 3 is 2.00 bits per heavy atom. The van der Waals surface area contributed by atoms with Crippen LogP contribution in [-0.4, -0.2) is 22.7 Å². The molecule has 0 bridgehead atoms. The van der Waals surface area contributed by atoms with Gasteiger partial charge in [0, 0.05) is 0 Å². The molecule has 3 atom stereocenters. The number of aliphatic hydroxyl groups is 2. The molecule has 0 aromatic carbocycles. The molecule has 0 saturated heterocycles. The molecule has 4 heteroatoms. The Hall–Kier alpha value is -0.160. The third-order valence-electron chi connectivity index (χ3n) is 2.24. The van der Waals surface area contributed by atoms with Crippen molar-refractivity contribution in [1.29, 1.82) is 0 Å². The fourth-order valence-electron chi connectivity index (χ4n) is 1.17. The topological polar surface area (TPSA) is 92.5 Å². The van der Waals surface area contributed by atoms with Crippen molar-refractivity contribution >= 4 is 0 Å². The molecule has 0 aromatic heterocycles. The highest BCUT2D eigenvalue weighted by Gasteiger charge is 2.07. The Labute approximate surface area is 79.9 Å². The molecule has 6 N–H and O–H groups in total. The molecule has 0 aliphatic carbocycles. The fourth-order valence-corrected chi connectivity index (χ4v) is 1.17. The molecule has 3 unspecified atom stereocenters. The van der Waals surface area contributed by atoms with E-state index in [1.807, 2.05) is 6.92 Å². The molecule has 0 heterocycles. The van der Waals surface area contributed by atoms with Gasteiger partial charge >= 0.3 is 0 Å². The van der Waals surface area contributed by atoms with Crippen molar-refractivity contribution < 1.29 is 10.2 Å². The lowest BCUT2D eigenvalue weighted by Crippen LogP contribution is -2.27. The second kappa shape index (κ2) is 7.26. The molecule has 0 fully saturated rings. The second-order valence-electron chi connectivity index (χ2n) is 3.67. The van der Waals surface area contributed by atoms with Gasteiger partial charge in [-0.15, -0.1) is 0 Å². The first-order chi connectivity index (χ1) is 6.04. The van der Waals surface area contributed by atoms with E-state index >= 15 is 0 Å². The summed E-state index contributed by atoms with van der Waals surface area (Å²) in [5.74, 6) is 0.155. The number of nitrogens with two attached hydrogens (primary N) is 2. The van der Waals surface area contributed by atoms with Crippen LogP contribution in [0.5, 0.6) is 0 Å². The van der Waals surface area contributed by atoms with Crippen LogP contribution in [0.2, 0.25) is 0 Å². The van der Waals surface area contributed by atoms with Crippen LogP contribution in [0.4, 0.5) is 0 Å². The van der Waals surface area contributed by atoms with Gasteiger partial charge in [0.15, 0.2) is 0 Å². The van der Waals surface area contributed by atoms with Crippen LogP contribution in [0.1, 0.15) is 39.0 Å². The van der Waals surface area contributed by atoms with Gasteiger partial charge < -0.3 is 21.7 Å². The van der Waals surface area contributed by atoms with E-state index in [0.29, 0.717) is 6.42 Å². The van der Waals surface area contributed by atoms with Gasteiger partial charge in [0.25, 0.3) is 0 Å². The molecule has 0 saturated carbocycles. The zero-order valence-electron chi connectivity index (χ0n) is 8.32. The van der Waals surface area contributed by atoms with E-state index in [-0.39, 0.29) is 5.92 Å². The maximum atomic E-state index is 8.98. The van der Waals surface area contributed by atoms with Gasteiger partial charge in [-0.2, -0.15) is 0 Å². The summed E-state index contributed by atoms with van der Waals surface area (Å²) >= 11 is 0. The molecule has 0 rings (SSSR count). The van der Waals surface area contributed by atoms with Gasteiger partial charge in [-0.25, -0.2) is 0 Å². The van der Waals surface area contributed by atoms with Gasteiger partial charge in [-0.3, -0.25) is 0 Å². The Balaban J connectivity index is 3.16. The van der Waals surface area contributed by atoms with Crippen molar-refractivity contribution in [3.8, 4) is 0 Å². The first-order valence-corrected chi connectivity index (χ1v) is 4.91. The largest absolute Gasteiger partial charge is 0.379 e. The summed E-state index contributed by atoms with van der Waals surface area (Å²) in [4.78, 5) is 0. The molecule has 0 radical (unpaired) electrons. The van der Waals surface area contributed by atoms with Crippen molar-refractivity contribution in [2.75, 3.05) is 0 Å². The standard InChI is InChI=1S/C9H22N2O2/c1-7(9(11)13)5-3-2-4-6-8(10)12/h7-9,12-13H,2-6,10-11H2,1H3. The fraction of sp³-hybridized carbons (Fsp3) is 1.00. The van der Waals surface area contributed by atoms with Gasteiger partial charge in [-0.1, -0.05) is 19.8 Å². The van der Waals surface area contributed by atoms with Crippen molar-refractivity contribution in [3.05, 3.63) is 0 Å². The van der Waals surface area contributed by atoms with E-state index < -0.39 is 12.5 Å². The molecular formula is C9H22N2O2. The number of aliphatic hydroxyl groups excluding tert-OH is 2. The van der Waals surface area contributed by atoms with E-state index in [0.717, 1.165) is 25.7 Å². The first-order valence-electron chi connectivity index (χ1n) is 4.91. The van der Waals surface area contributed by atoms with Crippen LogP contribution in [-0.2, 0) is 0 Å². The maximum Gasteiger partial charge on any atom is 0.104 e. The van der Waals surface area contributed by atoms with Gasteiger partial charge in [-0.05, 0) is 25.2 Å². The lowest BCUT2D eigenvalue weighted by Gasteiger charge is -2.13. The SMILES string of the molecule is CC(CCCCCC(N)O)C(N)O. The summed E-state index contributed by atoms with van der Waals surface area (Å²) in [5.41, 5.74) is 10.5. The zero-order chi connectivity index (χ0) is 10.3. The maximum absolute atomic E-state index is 8.98. The minimum Gasteiger partial charge on any atom is -0.379 e. The molecule has 0 aliphatic rings. The van der Waals surface area contributed by atoms with Crippen LogP contribution in [0.15, 0.2) is 0 Å². The lowest BCUT2D eigenvalue weighted by atomic mass is 10.0. The van der Waals surface area contributed by atoms with Gasteiger partial charge in [0.1, 0.15) is 12.5 Å². The zero-order valence-corrected chi connectivity index (χ0v) is 8.32. The van der Waals surface area contributed by atoms with Crippen molar-refractivity contribution in [2.45, 2.75) is 51.5 Å². The summed E-state index contributed by atoms with van der Waals surface area (Å²) in [5, 5.41) is 17.8. The van der Waals surface area contributed by atoms with Gasteiger partial charge in [0.2, 0.25) is 0 Å². The highest BCUT2D eigenvalue weighted by atomic mass is 16.3. The second-order valence-corrected chi connectivity index (χ2v) is 3.67. The number of rotatable bonds is 7. The normalized spacial score (nSPS) is 18.2. The molecular weight excluding hydrogens is 168 g/mol. The Morgan fingerprint density at radius 1 is 1.00 bits per heavy atom. The van der Waals surface area contributed by atoms with E-state index in [1.54, 1.807) is 0 Å². The van der Waals surface area contributed by atoms with Gasteiger partial charge in [0.05, 0.1) is 0 Å². The highest BCUT2D eigenvalue weighted by molar-refractivity contribution is 4.58. The van der Waals surface area contributed by atoms with Crippen LogP contribution in [0, 0.1) is 5.92 Å². The number of hydrogen-bond acceptors (Lipinski definition) is 4. The predicted molar refractivity (Wildman–Crippen MR) is 52.6 cm³/mol. The summed E-state index contributed by atoms with van der Waals surface area (Å²) in [6.07, 6.45) is 3.19. The van der Waals surface area contributed by atoms with E-state index in [4.69, 9.17) is 21.7 Å². The minimum absolute atomic E-state index is 0.155. The van der Waals surface area contributed by atoms with E-state index in [9.17, 15) is 0 Å². The first kappa shape index (κ1) is 12.8. The average Bonchev–Trinajstić information content (AvgIpc) is 2.02. The molecule has 0 aliphatic heterocycles. The monoisotopic (exact) mass is 190 g/mol. The lowest BCUT2D eigenvalue weighted by molar-refractivity contribution is 0.116. The number of hydrogen-bond donors (Lipinski definition) is 4. The van der Waals surface area contributed by atoms with Crippen molar-refractivity contribution in [2.24, 2.45) is 17.4 Å². The molecule has 80 valence electrons. The smallest absolute Gasteiger partial charge is 0.104 e. The van der Waals surface area contributed by atoms with Crippen molar-refractivity contribution in [3.63, 3.8) is 0 Å². The van der Waals surface area contributed by atoms with E-state index in [2.05, 4.69) is 0 Å². The molecule has 13 heavy (non-hydrogen) atoms.